The number of halogens is 3. The predicted molar refractivity (Wildman–Crippen MR) is 120 cm³/mol. The summed E-state index contributed by atoms with van der Waals surface area (Å²) in [7, 11) is 1.55. The van der Waals surface area contributed by atoms with Gasteiger partial charge in [0.05, 0.1) is 5.56 Å². The second-order valence-corrected chi connectivity index (χ2v) is 9.57. The van der Waals surface area contributed by atoms with Gasteiger partial charge in [0, 0.05) is 45.0 Å². The number of nitrogens with zero attached hydrogens (tertiary/aromatic N) is 2. The van der Waals surface area contributed by atoms with Gasteiger partial charge in [-0.2, -0.15) is 13.2 Å². The van der Waals surface area contributed by atoms with Crippen molar-refractivity contribution in [3.63, 3.8) is 0 Å². The fourth-order valence-corrected chi connectivity index (χ4v) is 4.52. The average molecular weight is 456 g/mol. The Hall–Kier alpha value is -1.80. The third-order valence-electron chi connectivity index (χ3n) is 7.00. The number of anilines is 1. The molecule has 1 saturated carbocycles. The highest BCUT2D eigenvalue weighted by molar-refractivity contribution is 5.84. The van der Waals surface area contributed by atoms with Crippen molar-refractivity contribution in [2.24, 2.45) is 5.92 Å². The first kappa shape index (κ1) is 24.8. The maximum Gasteiger partial charge on any atom is 0.416 e. The minimum atomic E-state index is -4.31. The van der Waals surface area contributed by atoms with Crippen molar-refractivity contribution in [1.29, 1.82) is 0 Å². The number of carbonyl (C=O) groups is 1. The molecule has 180 valence electrons. The standard InChI is InChI=1S/C24H36F3N3O2/c1-23(2,32-3)22(31)28-20-9-7-18(8-10-20)11-12-29-13-15-30(16-14-29)21-6-4-5-19(17-21)24(25,26)27/h4-6,17-18,20H,7-16H2,1-3H3,(H,28,31)/t18-,20-. The van der Waals surface area contributed by atoms with Gasteiger partial charge in [-0.25, -0.2) is 0 Å². The zero-order chi connectivity index (χ0) is 23.4. The van der Waals surface area contributed by atoms with Crippen LogP contribution < -0.4 is 10.2 Å². The molecule has 2 aliphatic rings. The average Bonchev–Trinajstić information content (AvgIpc) is 2.78. The Balaban J connectivity index is 1.37. The van der Waals surface area contributed by atoms with Crippen molar-refractivity contribution in [1.82, 2.24) is 10.2 Å². The fourth-order valence-electron chi connectivity index (χ4n) is 4.52. The number of methoxy groups -OCH3 is 1. The van der Waals surface area contributed by atoms with Crippen LogP contribution in [-0.4, -0.2) is 62.3 Å². The van der Waals surface area contributed by atoms with Gasteiger partial charge in [0.2, 0.25) is 0 Å². The number of rotatable bonds is 7. The monoisotopic (exact) mass is 455 g/mol. The summed E-state index contributed by atoms with van der Waals surface area (Å²) in [5.41, 5.74) is -0.737. The SMILES string of the molecule is COC(C)(C)C(=O)N[C@H]1CC[C@H](CCN2CCN(c3cccc(C(F)(F)F)c3)CC2)CC1. The van der Waals surface area contributed by atoms with Crippen LogP contribution in [0, 0.1) is 5.92 Å². The van der Waals surface area contributed by atoms with Crippen LogP contribution in [0.2, 0.25) is 0 Å². The normalized spacial score (nSPS) is 23.2. The van der Waals surface area contributed by atoms with Gasteiger partial charge in [-0.15, -0.1) is 0 Å². The third-order valence-corrected chi connectivity index (χ3v) is 7.00. The lowest BCUT2D eigenvalue weighted by atomic mass is 9.83. The zero-order valence-electron chi connectivity index (χ0n) is 19.4. The molecule has 1 saturated heterocycles. The van der Waals surface area contributed by atoms with Crippen molar-refractivity contribution in [3.8, 4) is 0 Å². The molecule has 1 aliphatic heterocycles. The van der Waals surface area contributed by atoms with E-state index in [4.69, 9.17) is 4.74 Å². The highest BCUT2D eigenvalue weighted by Crippen LogP contribution is 2.32. The summed E-state index contributed by atoms with van der Waals surface area (Å²) in [5, 5.41) is 3.12. The number of hydrogen-bond donors (Lipinski definition) is 1. The van der Waals surface area contributed by atoms with Crippen LogP contribution in [0.5, 0.6) is 0 Å². The summed E-state index contributed by atoms with van der Waals surface area (Å²) in [6.45, 7) is 7.81. The molecule has 1 aromatic carbocycles. The van der Waals surface area contributed by atoms with Gasteiger partial charge >= 0.3 is 6.18 Å². The van der Waals surface area contributed by atoms with Crippen LogP contribution in [0.25, 0.3) is 0 Å². The smallest absolute Gasteiger partial charge is 0.369 e. The summed E-state index contributed by atoms with van der Waals surface area (Å²) < 4.78 is 44.2. The number of alkyl halides is 3. The van der Waals surface area contributed by atoms with E-state index < -0.39 is 17.3 Å². The maximum atomic E-state index is 13.0. The number of carbonyl (C=O) groups excluding carboxylic acids is 1. The van der Waals surface area contributed by atoms with Gasteiger partial charge in [0.1, 0.15) is 5.60 Å². The first-order chi connectivity index (χ1) is 15.1. The summed E-state index contributed by atoms with van der Waals surface area (Å²) in [4.78, 5) is 16.7. The first-order valence-corrected chi connectivity index (χ1v) is 11.6. The van der Waals surface area contributed by atoms with E-state index in [1.54, 1.807) is 27.0 Å². The predicted octanol–water partition coefficient (Wildman–Crippen LogP) is 4.32. The number of nitrogens with one attached hydrogen (secondary N) is 1. The number of amides is 1. The Kier molecular flexibility index (Phi) is 8.09. The molecule has 0 radical (unpaired) electrons. The third kappa shape index (κ3) is 6.61. The first-order valence-electron chi connectivity index (χ1n) is 11.6. The lowest BCUT2D eigenvalue weighted by Gasteiger charge is -2.37. The summed E-state index contributed by atoms with van der Waals surface area (Å²) >= 11 is 0. The molecule has 0 spiro atoms. The van der Waals surface area contributed by atoms with E-state index in [0.717, 1.165) is 70.9 Å². The molecule has 0 bridgehead atoms. The molecule has 0 unspecified atom stereocenters. The topological polar surface area (TPSA) is 44.8 Å². The van der Waals surface area contributed by atoms with Crippen LogP contribution >= 0.6 is 0 Å². The van der Waals surface area contributed by atoms with E-state index in [1.807, 2.05) is 4.90 Å². The zero-order valence-corrected chi connectivity index (χ0v) is 19.4. The summed E-state index contributed by atoms with van der Waals surface area (Å²) in [6.07, 6.45) is 1.05. The summed E-state index contributed by atoms with van der Waals surface area (Å²) in [6, 6.07) is 5.85. The largest absolute Gasteiger partial charge is 0.416 e. The molecule has 5 nitrogen and oxygen atoms in total. The molecule has 1 amide bonds. The molecular weight excluding hydrogens is 419 g/mol. The number of ether oxygens (including phenoxy) is 1. The number of piperazine rings is 1. The van der Waals surface area contributed by atoms with Crippen molar-refractivity contribution in [3.05, 3.63) is 29.8 Å². The Bertz CT molecular complexity index is 753. The molecule has 1 N–H and O–H groups in total. The van der Waals surface area contributed by atoms with Crippen molar-refractivity contribution in [2.75, 3.05) is 44.7 Å². The van der Waals surface area contributed by atoms with Gasteiger partial charge in [0.25, 0.3) is 5.91 Å². The van der Waals surface area contributed by atoms with Gasteiger partial charge in [-0.05, 0) is 76.6 Å². The number of hydrogen-bond acceptors (Lipinski definition) is 4. The van der Waals surface area contributed by atoms with E-state index in [2.05, 4.69) is 10.2 Å². The van der Waals surface area contributed by atoms with Gasteiger partial charge in [0.15, 0.2) is 0 Å². The molecule has 0 atom stereocenters. The minimum absolute atomic E-state index is 0.0536. The molecule has 3 rings (SSSR count). The van der Waals surface area contributed by atoms with Crippen molar-refractivity contribution in [2.45, 2.75) is 63.8 Å². The van der Waals surface area contributed by atoms with Crippen LogP contribution in [0.1, 0.15) is 51.5 Å². The molecule has 8 heteroatoms. The maximum absolute atomic E-state index is 13.0. The van der Waals surface area contributed by atoms with E-state index in [-0.39, 0.29) is 11.9 Å². The Morgan fingerprint density at radius 1 is 1.09 bits per heavy atom. The Morgan fingerprint density at radius 3 is 2.34 bits per heavy atom. The fraction of sp³-hybridized carbons (Fsp3) is 0.708. The van der Waals surface area contributed by atoms with Crippen molar-refractivity contribution < 1.29 is 22.7 Å². The Morgan fingerprint density at radius 2 is 1.75 bits per heavy atom. The van der Waals surface area contributed by atoms with E-state index >= 15 is 0 Å². The molecule has 2 fully saturated rings. The second-order valence-electron chi connectivity index (χ2n) is 9.57. The van der Waals surface area contributed by atoms with Crippen LogP contribution in [-0.2, 0) is 15.7 Å². The lowest BCUT2D eigenvalue weighted by Crippen LogP contribution is -2.49. The van der Waals surface area contributed by atoms with Gasteiger partial charge in [-0.1, -0.05) is 6.07 Å². The molecule has 1 heterocycles. The van der Waals surface area contributed by atoms with E-state index in [9.17, 15) is 18.0 Å². The molecule has 1 aliphatic carbocycles. The van der Waals surface area contributed by atoms with Crippen LogP contribution in [0.15, 0.2) is 24.3 Å². The van der Waals surface area contributed by atoms with E-state index in [0.29, 0.717) is 11.6 Å². The summed E-state index contributed by atoms with van der Waals surface area (Å²) in [5.74, 6) is 0.613. The van der Waals surface area contributed by atoms with Gasteiger partial charge < -0.3 is 15.0 Å². The quantitative estimate of drug-likeness (QED) is 0.665. The molecule has 0 aromatic heterocycles. The lowest BCUT2D eigenvalue weighted by molar-refractivity contribution is -0.140. The minimum Gasteiger partial charge on any atom is -0.369 e. The molecule has 1 aromatic rings. The highest BCUT2D eigenvalue weighted by atomic mass is 19.4. The van der Waals surface area contributed by atoms with Crippen LogP contribution in [0.3, 0.4) is 0 Å². The Labute approximate surface area is 189 Å². The molecule has 32 heavy (non-hydrogen) atoms. The second kappa shape index (κ2) is 10.4. The highest BCUT2D eigenvalue weighted by Gasteiger charge is 2.32. The number of benzene rings is 1. The van der Waals surface area contributed by atoms with Crippen LogP contribution in [0.4, 0.5) is 18.9 Å². The molecular formula is C24H36F3N3O2. The van der Waals surface area contributed by atoms with Crippen molar-refractivity contribution >= 4 is 11.6 Å². The van der Waals surface area contributed by atoms with Gasteiger partial charge in [-0.3, -0.25) is 9.69 Å². The van der Waals surface area contributed by atoms with E-state index in [1.165, 1.54) is 12.1 Å².